The van der Waals surface area contributed by atoms with Crippen molar-refractivity contribution in [2.24, 2.45) is 0 Å². The van der Waals surface area contributed by atoms with Crippen LogP contribution in [-0.2, 0) is 25.8 Å². The van der Waals surface area contributed by atoms with Crippen molar-refractivity contribution < 1.29 is 4.42 Å². The van der Waals surface area contributed by atoms with Crippen molar-refractivity contribution in [2.75, 3.05) is 0 Å². The van der Waals surface area contributed by atoms with Crippen molar-refractivity contribution in [3.05, 3.63) is 71.2 Å². The summed E-state index contributed by atoms with van der Waals surface area (Å²) in [5.74, 6) is 3.20. The van der Waals surface area contributed by atoms with Gasteiger partial charge in [0.2, 0.25) is 0 Å². The first-order valence-electron chi connectivity index (χ1n) is 9.49. The molecule has 0 bridgehead atoms. The van der Waals surface area contributed by atoms with Crippen LogP contribution in [0, 0.1) is 6.92 Å². The Hall–Kier alpha value is -2.40. The zero-order chi connectivity index (χ0) is 17.9. The average Bonchev–Trinajstić information content (AvgIpc) is 3.32. The van der Waals surface area contributed by atoms with Crippen LogP contribution in [0.25, 0.3) is 0 Å². The Labute approximate surface area is 154 Å². The lowest BCUT2D eigenvalue weighted by molar-refractivity contribution is 0.311. The second kappa shape index (κ2) is 7.46. The van der Waals surface area contributed by atoms with E-state index in [2.05, 4.69) is 64.3 Å². The second-order valence-corrected chi connectivity index (χ2v) is 7.10. The van der Waals surface area contributed by atoms with Crippen LogP contribution in [0.4, 0.5) is 0 Å². The summed E-state index contributed by atoms with van der Waals surface area (Å²) in [5, 5.41) is 12.5. The summed E-state index contributed by atoms with van der Waals surface area (Å²) in [6.45, 7) is 5.24. The summed E-state index contributed by atoms with van der Waals surface area (Å²) in [6, 6.07) is 13.2. The molecular weight excluding hydrogens is 324 g/mol. The fraction of sp³-hybridized carbons (Fsp3) is 0.429. The largest absolute Gasteiger partial charge is 0.468 e. The number of fused-ring (bicyclic) bond motifs is 1. The summed E-state index contributed by atoms with van der Waals surface area (Å²) < 4.78 is 8.04. The van der Waals surface area contributed by atoms with Gasteiger partial charge in [-0.2, -0.15) is 0 Å². The molecule has 1 aromatic carbocycles. The van der Waals surface area contributed by atoms with Crippen LogP contribution in [0.2, 0.25) is 0 Å². The SMILES string of the molecule is CCc1nnc2n1CC(NC(Cc1ccccc1C)c1ccco1)CC2. The van der Waals surface area contributed by atoms with E-state index in [-0.39, 0.29) is 6.04 Å². The number of aromatic nitrogens is 3. The molecule has 2 atom stereocenters. The quantitative estimate of drug-likeness (QED) is 0.737. The van der Waals surface area contributed by atoms with E-state index in [0.717, 1.165) is 49.6 Å². The van der Waals surface area contributed by atoms with Crippen molar-refractivity contribution in [2.45, 2.75) is 58.2 Å². The van der Waals surface area contributed by atoms with Gasteiger partial charge in [0.25, 0.3) is 0 Å². The van der Waals surface area contributed by atoms with E-state index in [1.165, 1.54) is 11.1 Å². The highest BCUT2D eigenvalue weighted by Gasteiger charge is 2.26. The van der Waals surface area contributed by atoms with Crippen molar-refractivity contribution in [1.29, 1.82) is 0 Å². The highest BCUT2D eigenvalue weighted by atomic mass is 16.3. The molecule has 0 aliphatic carbocycles. The number of benzene rings is 1. The molecule has 3 aromatic rings. The van der Waals surface area contributed by atoms with E-state index in [1.807, 2.05) is 6.07 Å². The molecule has 1 N–H and O–H groups in total. The number of furan rings is 1. The van der Waals surface area contributed by atoms with E-state index >= 15 is 0 Å². The Morgan fingerprint density at radius 2 is 2.12 bits per heavy atom. The van der Waals surface area contributed by atoms with Gasteiger partial charge in [-0.3, -0.25) is 0 Å². The molecule has 3 heterocycles. The van der Waals surface area contributed by atoms with E-state index in [1.54, 1.807) is 6.26 Å². The summed E-state index contributed by atoms with van der Waals surface area (Å²) in [5.41, 5.74) is 2.68. The van der Waals surface area contributed by atoms with Gasteiger partial charge in [0, 0.05) is 25.4 Å². The molecule has 2 unspecified atom stereocenters. The maximum Gasteiger partial charge on any atom is 0.133 e. The van der Waals surface area contributed by atoms with Gasteiger partial charge in [0.05, 0.1) is 12.3 Å². The minimum Gasteiger partial charge on any atom is -0.468 e. The first-order chi connectivity index (χ1) is 12.7. The van der Waals surface area contributed by atoms with Crippen molar-refractivity contribution >= 4 is 0 Å². The molecule has 1 aliphatic rings. The average molecular weight is 350 g/mol. The molecule has 136 valence electrons. The third-order valence-corrected chi connectivity index (χ3v) is 5.35. The highest BCUT2D eigenvalue weighted by molar-refractivity contribution is 5.27. The fourth-order valence-corrected chi connectivity index (χ4v) is 3.86. The van der Waals surface area contributed by atoms with E-state index in [0.29, 0.717) is 6.04 Å². The van der Waals surface area contributed by atoms with Gasteiger partial charge in [0.1, 0.15) is 17.4 Å². The molecule has 2 aromatic heterocycles. The van der Waals surface area contributed by atoms with Crippen molar-refractivity contribution in [1.82, 2.24) is 20.1 Å². The lowest BCUT2D eigenvalue weighted by atomic mass is 9.97. The normalized spacial score (nSPS) is 17.8. The highest BCUT2D eigenvalue weighted by Crippen LogP contribution is 2.24. The van der Waals surface area contributed by atoms with Crippen LogP contribution in [0.3, 0.4) is 0 Å². The Morgan fingerprint density at radius 1 is 1.23 bits per heavy atom. The van der Waals surface area contributed by atoms with Crippen LogP contribution < -0.4 is 5.32 Å². The Balaban J connectivity index is 1.53. The summed E-state index contributed by atoms with van der Waals surface area (Å²) >= 11 is 0. The molecule has 1 aliphatic heterocycles. The van der Waals surface area contributed by atoms with Crippen molar-refractivity contribution in [3.8, 4) is 0 Å². The molecule has 0 spiro atoms. The smallest absolute Gasteiger partial charge is 0.133 e. The van der Waals surface area contributed by atoms with Gasteiger partial charge < -0.3 is 14.3 Å². The Morgan fingerprint density at radius 3 is 2.88 bits per heavy atom. The molecule has 5 heteroatoms. The predicted octanol–water partition coefficient (Wildman–Crippen LogP) is 3.63. The van der Waals surface area contributed by atoms with Crippen LogP contribution in [0.5, 0.6) is 0 Å². The molecule has 26 heavy (non-hydrogen) atoms. The predicted molar refractivity (Wildman–Crippen MR) is 101 cm³/mol. The standard InChI is InChI=1S/C21H26N4O/c1-3-20-23-24-21-11-10-17(14-25(20)21)22-18(19-9-6-12-26-19)13-16-8-5-4-7-15(16)2/h4-9,12,17-18,22H,3,10-11,13-14H2,1-2H3. The molecule has 4 rings (SSSR count). The molecule has 5 nitrogen and oxygen atoms in total. The van der Waals surface area contributed by atoms with Gasteiger partial charge in [0.15, 0.2) is 0 Å². The number of aryl methyl sites for hydroxylation is 3. The third kappa shape index (κ3) is 3.44. The summed E-state index contributed by atoms with van der Waals surface area (Å²) in [4.78, 5) is 0. The molecule has 0 saturated heterocycles. The van der Waals surface area contributed by atoms with Gasteiger partial charge in [-0.15, -0.1) is 10.2 Å². The third-order valence-electron chi connectivity index (χ3n) is 5.35. The summed E-state index contributed by atoms with van der Waals surface area (Å²) in [6.07, 6.45) is 5.65. The Kier molecular flexibility index (Phi) is 4.89. The maximum atomic E-state index is 5.75. The molecule has 0 saturated carbocycles. The van der Waals surface area contributed by atoms with E-state index < -0.39 is 0 Å². The number of nitrogens with zero attached hydrogens (tertiary/aromatic N) is 3. The minimum atomic E-state index is 0.166. The first kappa shape index (κ1) is 17.0. The Bertz CT molecular complexity index is 839. The minimum absolute atomic E-state index is 0.166. The van der Waals surface area contributed by atoms with Crippen molar-refractivity contribution in [3.63, 3.8) is 0 Å². The van der Waals surface area contributed by atoms with E-state index in [4.69, 9.17) is 4.42 Å². The first-order valence-corrected chi connectivity index (χ1v) is 9.49. The van der Waals surface area contributed by atoms with Crippen LogP contribution in [0.1, 0.15) is 47.9 Å². The fourth-order valence-electron chi connectivity index (χ4n) is 3.86. The molecule has 0 fully saturated rings. The molecule has 0 amide bonds. The monoisotopic (exact) mass is 350 g/mol. The van der Waals surface area contributed by atoms with E-state index in [9.17, 15) is 0 Å². The van der Waals surface area contributed by atoms with Gasteiger partial charge in [-0.25, -0.2) is 0 Å². The van der Waals surface area contributed by atoms with Gasteiger partial charge in [-0.05, 0) is 43.0 Å². The maximum absolute atomic E-state index is 5.75. The number of rotatable bonds is 6. The van der Waals surface area contributed by atoms with Crippen LogP contribution >= 0.6 is 0 Å². The zero-order valence-electron chi connectivity index (χ0n) is 15.5. The van der Waals surface area contributed by atoms with Gasteiger partial charge in [-0.1, -0.05) is 31.2 Å². The second-order valence-electron chi connectivity index (χ2n) is 7.10. The number of nitrogens with one attached hydrogen (secondary N) is 1. The molecular formula is C21H26N4O. The van der Waals surface area contributed by atoms with Crippen LogP contribution in [0.15, 0.2) is 47.1 Å². The zero-order valence-corrected chi connectivity index (χ0v) is 15.5. The van der Waals surface area contributed by atoms with Crippen LogP contribution in [-0.4, -0.2) is 20.8 Å². The topological polar surface area (TPSA) is 55.9 Å². The lowest BCUT2D eigenvalue weighted by Gasteiger charge is -2.29. The number of hydrogen-bond donors (Lipinski definition) is 1. The number of hydrogen-bond acceptors (Lipinski definition) is 4. The summed E-state index contributed by atoms with van der Waals surface area (Å²) in [7, 11) is 0. The molecule has 0 radical (unpaired) electrons. The lowest BCUT2D eigenvalue weighted by Crippen LogP contribution is -2.40. The van der Waals surface area contributed by atoms with Gasteiger partial charge >= 0.3 is 0 Å².